The van der Waals surface area contributed by atoms with Crippen LogP contribution in [0.5, 0.6) is 0 Å². The van der Waals surface area contributed by atoms with Gasteiger partial charge in [0, 0.05) is 0 Å². The number of unbranched alkanes of at least 4 members (excludes halogenated alkanes) is 5. The minimum atomic E-state index is -0.367. The molecule has 7 heteroatoms. The molecule has 0 aliphatic heterocycles. The Kier molecular flexibility index (Phi) is 23.5. The van der Waals surface area contributed by atoms with Crippen LogP contribution in [0.1, 0.15) is 51.9 Å². The summed E-state index contributed by atoms with van der Waals surface area (Å²) in [6.07, 6.45) is 7.86. The first-order chi connectivity index (χ1) is 13.3. The van der Waals surface area contributed by atoms with Crippen LogP contribution in [0.2, 0.25) is 0 Å². The van der Waals surface area contributed by atoms with E-state index in [0.29, 0.717) is 66.1 Å². The van der Waals surface area contributed by atoms with Gasteiger partial charge in [0.05, 0.1) is 78.8 Å². The Morgan fingerprint density at radius 3 is 1.56 bits per heavy atom. The number of aliphatic hydroxyl groups excluding tert-OH is 2. The zero-order valence-corrected chi connectivity index (χ0v) is 17.2. The first-order valence-corrected chi connectivity index (χ1v) is 10.5. The minimum absolute atomic E-state index is 0.0356. The molecule has 0 aromatic heterocycles. The maximum atomic E-state index is 9.84. The Balaban J connectivity index is 3.09. The zero-order valence-electron chi connectivity index (χ0n) is 17.2. The van der Waals surface area contributed by atoms with Crippen LogP contribution >= 0.6 is 0 Å². The third-order valence-electron chi connectivity index (χ3n) is 3.92. The molecule has 0 aliphatic carbocycles. The van der Waals surface area contributed by atoms with Crippen molar-refractivity contribution in [2.24, 2.45) is 0 Å². The fourth-order valence-electron chi connectivity index (χ4n) is 2.41. The van der Waals surface area contributed by atoms with Gasteiger partial charge in [0.15, 0.2) is 0 Å². The summed E-state index contributed by atoms with van der Waals surface area (Å²) in [6, 6.07) is 0. The summed E-state index contributed by atoms with van der Waals surface area (Å²) in [7, 11) is 0. The van der Waals surface area contributed by atoms with Crippen LogP contribution in [0.15, 0.2) is 0 Å². The Labute approximate surface area is 165 Å². The van der Waals surface area contributed by atoms with Gasteiger partial charge in [-0.25, -0.2) is 0 Å². The molecule has 7 nitrogen and oxygen atoms in total. The Hall–Kier alpha value is -0.280. The highest BCUT2D eigenvalue weighted by molar-refractivity contribution is 4.55. The molecule has 27 heavy (non-hydrogen) atoms. The summed E-state index contributed by atoms with van der Waals surface area (Å²) in [5.41, 5.74) is 0. The molecule has 0 aromatic rings. The highest BCUT2D eigenvalue weighted by atomic mass is 16.6. The van der Waals surface area contributed by atoms with E-state index in [0.717, 1.165) is 12.8 Å². The third kappa shape index (κ3) is 23.7. The highest BCUT2D eigenvalue weighted by Crippen LogP contribution is 2.08. The standard InChI is InChI=1S/C20H42O7/c1-2-3-4-5-6-7-8-20(22)19-27-18-17-26-16-15-25-14-13-24-12-11-23-10-9-21/h20-22H,2-19H2,1H3. The van der Waals surface area contributed by atoms with Gasteiger partial charge in [-0.2, -0.15) is 0 Å². The summed E-state index contributed by atoms with van der Waals surface area (Å²) in [4.78, 5) is 0. The molecule has 0 aromatic carbocycles. The fraction of sp³-hybridized carbons (Fsp3) is 1.00. The van der Waals surface area contributed by atoms with Crippen LogP contribution in [0.25, 0.3) is 0 Å². The fourth-order valence-corrected chi connectivity index (χ4v) is 2.41. The second-order valence-electron chi connectivity index (χ2n) is 6.46. The van der Waals surface area contributed by atoms with E-state index < -0.39 is 0 Å². The molecule has 0 rings (SSSR count). The van der Waals surface area contributed by atoms with Gasteiger partial charge in [-0.05, 0) is 6.42 Å². The second kappa shape index (κ2) is 23.8. The molecule has 164 valence electrons. The monoisotopic (exact) mass is 394 g/mol. The van der Waals surface area contributed by atoms with E-state index >= 15 is 0 Å². The van der Waals surface area contributed by atoms with E-state index in [-0.39, 0.29) is 12.7 Å². The Bertz CT molecular complexity index is 267. The van der Waals surface area contributed by atoms with E-state index in [1.54, 1.807) is 0 Å². The first-order valence-electron chi connectivity index (χ1n) is 10.5. The predicted molar refractivity (Wildman–Crippen MR) is 105 cm³/mol. The Morgan fingerprint density at radius 1 is 0.593 bits per heavy atom. The molecule has 0 saturated carbocycles. The van der Waals surface area contributed by atoms with Crippen molar-refractivity contribution in [1.82, 2.24) is 0 Å². The average molecular weight is 395 g/mol. The maximum Gasteiger partial charge on any atom is 0.0773 e. The van der Waals surface area contributed by atoms with Crippen molar-refractivity contribution in [1.29, 1.82) is 0 Å². The topological polar surface area (TPSA) is 86.6 Å². The SMILES string of the molecule is CCCCCCCCC(O)COCCOCCOCCOCCOCCO. The maximum absolute atomic E-state index is 9.84. The normalized spacial score (nSPS) is 12.6. The van der Waals surface area contributed by atoms with Crippen LogP contribution in [0, 0.1) is 0 Å². The largest absolute Gasteiger partial charge is 0.394 e. The van der Waals surface area contributed by atoms with Crippen LogP contribution in [-0.2, 0) is 23.7 Å². The molecular formula is C20H42O7. The van der Waals surface area contributed by atoms with E-state index in [9.17, 15) is 5.11 Å². The molecule has 0 amide bonds. The van der Waals surface area contributed by atoms with Gasteiger partial charge in [-0.1, -0.05) is 45.4 Å². The minimum Gasteiger partial charge on any atom is -0.394 e. The van der Waals surface area contributed by atoms with Gasteiger partial charge in [-0.3, -0.25) is 0 Å². The van der Waals surface area contributed by atoms with Crippen molar-refractivity contribution >= 4 is 0 Å². The van der Waals surface area contributed by atoms with Gasteiger partial charge in [0.1, 0.15) is 0 Å². The number of aliphatic hydroxyl groups is 2. The van der Waals surface area contributed by atoms with Gasteiger partial charge >= 0.3 is 0 Å². The smallest absolute Gasteiger partial charge is 0.0773 e. The lowest BCUT2D eigenvalue weighted by molar-refractivity contribution is -0.0229. The van der Waals surface area contributed by atoms with Crippen molar-refractivity contribution in [3.05, 3.63) is 0 Å². The molecule has 0 bridgehead atoms. The zero-order chi connectivity index (χ0) is 19.8. The lowest BCUT2D eigenvalue weighted by Gasteiger charge is -2.11. The molecule has 2 N–H and O–H groups in total. The summed E-state index contributed by atoms with van der Waals surface area (Å²) >= 11 is 0. The van der Waals surface area contributed by atoms with Crippen molar-refractivity contribution in [2.45, 2.75) is 58.0 Å². The predicted octanol–water partition coefficient (Wildman–Crippen LogP) is 2.17. The second-order valence-corrected chi connectivity index (χ2v) is 6.46. The van der Waals surface area contributed by atoms with Crippen LogP contribution in [0.3, 0.4) is 0 Å². The first kappa shape index (κ1) is 26.7. The van der Waals surface area contributed by atoms with Gasteiger partial charge in [-0.15, -0.1) is 0 Å². The molecule has 0 spiro atoms. The van der Waals surface area contributed by atoms with Crippen molar-refractivity contribution < 1.29 is 33.9 Å². The summed E-state index contributed by atoms with van der Waals surface area (Å²) < 4.78 is 26.6. The number of ether oxygens (including phenoxy) is 5. The Morgan fingerprint density at radius 2 is 1.04 bits per heavy atom. The van der Waals surface area contributed by atoms with E-state index in [1.807, 2.05) is 0 Å². The van der Waals surface area contributed by atoms with Crippen molar-refractivity contribution in [3.8, 4) is 0 Å². The average Bonchev–Trinajstić information content (AvgIpc) is 2.67. The van der Waals surface area contributed by atoms with Crippen molar-refractivity contribution in [3.63, 3.8) is 0 Å². The summed E-state index contributed by atoms with van der Waals surface area (Å²) in [5.74, 6) is 0. The summed E-state index contributed by atoms with van der Waals surface area (Å²) in [5, 5.41) is 18.4. The van der Waals surface area contributed by atoms with Crippen LogP contribution < -0.4 is 0 Å². The lowest BCUT2D eigenvalue weighted by atomic mass is 10.1. The van der Waals surface area contributed by atoms with Gasteiger partial charge in [0.25, 0.3) is 0 Å². The molecule has 1 unspecified atom stereocenters. The van der Waals surface area contributed by atoms with Crippen LogP contribution in [0.4, 0.5) is 0 Å². The van der Waals surface area contributed by atoms with Crippen molar-refractivity contribution in [2.75, 3.05) is 72.7 Å². The molecule has 0 radical (unpaired) electrons. The molecule has 0 heterocycles. The van der Waals surface area contributed by atoms with Crippen LogP contribution in [-0.4, -0.2) is 89.0 Å². The number of hydrogen-bond acceptors (Lipinski definition) is 7. The lowest BCUT2D eigenvalue weighted by Crippen LogP contribution is -2.18. The number of rotatable bonds is 23. The molecule has 0 fully saturated rings. The molecule has 0 saturated heterocycles. The van der Waals surface area contributed by atoms with E-state index in [1.165, 1.54) is 32.1 Å². The van der Waals surface area contributed by atoms with E-state index in [2.05, 4.69) is 6.92 Å². The molecule has 1 atom stereocenters. The highest BCUT2D eigenvalue weighted by Gasteiger charge is 2.04. The van der Waals surface area contributed by atoms with Gasteiger partial charge in [0.2, 0.25) is 0 Å². The van der Waals surface area contributed by atoms with E-state index in [4.69, 9.17) is 28.8 Å². The quantitative estimate of drug-likeness (QED) is 0.257. The van der Waals surface area contributed by atoms with Gasteiger partial charge < -0.3 is 33.9 Å². The molecule has 0 aliphatic rings. The summed E-state index contributed by atoms with van der Waals surface area (Å²) in [6.45, 7) is 7.03. The third-order valence-corrected chi connectivity index (χ3v) is 3.92. The molecular weight excluding hydrogens is 352 g/mol. The number of hydrogen-bond donors (Lipinski definition) is 2.